The van der Waals surface area contributed by atoms with Crippen LogP contribution in [0.5, 0.6) is 5.75 Å². The van der Waals surface area contributed by atoms with Crippen LogP contribution in [-0.2, 0) is 0 Å². The Balaban J connectivity index is 2.16. The van der Waals surface area contributed by atoms with Gasteiger partial charge in [-0.15, -0.1) is 0 Å². The lowest BCUT2D eigenvalue weighted by Gasteiger charge is -2.20. The molecule has 23 heavy (non-hydrogen) atoms. The molecule has 0 spiro atoms. The highest BCUT2D eigenvalue weighted by atomic mass is 16.3. The van der Waals surface area contributed by atoms with Gasteiger partial charge in [-0.1, -0.05) is 24.3 Å². The molecule has 1 heterocycles. The average Bonchev–Trinajstić information content (AvgIpc) is 2.59. The first-order chi connectivity index (χ1) is 11.2. The summed E-state index contributed by atoms with van der Waals surface area (Å²) in [6.07, 6.45) is 0. The molecule has 0 bridgehead atoms. The number of phenols is 1. The Bertz CT molecular complexity index is 819. The maximum absolute atomic E-state index is 10.1. The molecule has 5 nitrogen and oxygen atoms in total. The minimum Gasteiger partial charge on any atom is -0.507 e. The summed E-state index contributed by atoms with van der Waals surface area (Å²) in [5.41, 5.74) is 1.51. The van der Waals surface area contributed by atoms with Gasteiger partial charge >= 0.3 is 0 Å². The van der Waals surface area contributed by atoms with E-state index < -0.39 is 0 Å². The summed E-state index contributed by atoms with van der Waals surface area (Å²) in [5, 5.41) is 14.3. The average molecular weight is 308 g/mol. The molecule has 3 aromatic rings. The number of hydrogen-bond acceptors (Lipinski definition) is 5. The first-order valence-corrected chi connectivity index (χ1v) is 7.61. The van der Waals surface area contributed by atoms with Gasteiger partial charge in [-0.05, 0) is 31.3 Å². The third-order valence-electron chi connectivity index (χ3n) is 3.79. The molecule has 0 radical (unpaired) electrons. The number of aromatic nitrogens is 2. The number of likely N-dealkylation sites (N-methyl/N-ethyl adjacent to an activating group) is 2. The van der Waals surface area contributed by atoms with Crippen LogP contribution >= 0.6 is 0 Å². The Morgan fingerprint density at radius 2 is 1.78 bits per heavy atom. The summed E-state index contributed by atoms with van der Waals surface area (Å²) >= 11 is 0. The van der Waals surface area contributed by atoms with Gasteiger partial charge in [0, 0.05) is 25.5 Å². The maximum atomic E-state index is 10.1. The molecule has 1 aromatic heterocycles. The molecule has 0 saturated carbocycles. The second-order valence-corrected chi connectivity index (χ2v) is 5.43. The fourth-order valence-corrected chi connectivity index (χ4v) is 2.52. The van der Waals surface area contributed by atoms with Gasteiger partial charge in [0.25, 0.3) is 0 Å². The Hall–Kier alpha value is -2.66. The fourth-order valence-electron chi connectivity index (χ4n) is 2.52. The number of rotatable bonds is 5. The van der Waals surface area contributed by atoms with Crippen molar-refractivity contribution >= 4 is 16.7 Å². The topological polar surface area (TPSA) is 61.3 Å². The van der Waals surface area contributed by atoms with Crippen LogP contribution in [0, 0.1) is 0 Å². The summed E-state index contributed by atoms with van der Waals surface area (Å²) in [4.78, 5) is 11.4. The van der Waals surface area contributed by atoms with Gasteiger partial charge < -0.3 is 15.3 Å². The predicted molar refractivity (Wildman–Crippen MR) is 93.8 cm³/mol. The van der Waals surface area contributed by atoms with E-state index in [0.717, 1.165) is 29.8 Å². The summed E-state index contributed by atoms with van der Waals surface area (Å²) < 4.78 is 0. The molecule has 5 heteroatoms. The van der Waals surface area contributed by atoms with E-state index in [1.165, 1.54) is 0 Å². The van der Waals surface area contributed by atoms with Crippen LogP contribution in [0.15, 0.2) is 48.5 Å². The van der Waals surface area contributed by atoms with Crippen molar-refractivity contribution in [1.82, 2.24) is 15.3 Å². The minimum absolute atomic E-state index is 0.187. The number of hydrogen-bond donors (Lipinski definition) is 2. The standard InChI is InChI=1S/C18H20N4O/c1-19-11-12-22(2)18-13-7-3-5-9-15(13)20-17(21-18)14-8-4-6-10-16(14)23/h3-10,19,23H,11-12H2,1-2H3. The molecular weight excluding hydrogens is 288 g/mol. The van der Waals surface area contributed by atoms with Gasteiger partial charge in [0.15, 0.2) is 5.82 Å². The summed E-state index contributed by atoms with van der Waals surface area (Å²) in [6, 6.07) is 15.1. The lowest BCUT2D eigenvalue weighted by Crippen LogP contribution is -2.28. The van der Waals surface area contributed by atoms with Crippen LogP contribution in [0.2, 0.25) is 0 Å². The smallest absolute Gasteiger partial charge is 0.165 e. The number of aromatic hydroxyl groups is 1. The molecule has 118 valence electrons. The van der Waals surface area contributed by atoms with Crippen LogP contribution in [0.25, 0.3) is 22.3 Å². The molecule has 0 saturated heterocycles. The normalized spacial score (nSPS) is 10.9. The molecular formula is C18H20N4O. The Morgan fingerprint density at radius 3 is 2.57 bits per heavy atom. The molecule has 0 unspecified atom stereocenters. The predicted octanol–water partition coefficient (Wildman–Crippen LogP) is 2.66. The van der Waals surface area contributed by atoms with Crippen molar-refractivity contribution in [2.24, 2.45) is 0 Å². The van der Waals surface area contributed by atoms with Crippen molar-refractivity contribution in [3.05, 3.63) is 48.5 Å². The molecule has 2 aromatic carbocycles. The van der Waals surface area contributed by atoms with Gasteiger partial charge in [0.2, 0.25) is 0 Å². The van der Waals surface area contributed by atoms with E-state index in [1.807, 2.05) is 50.5 Å². The molecule has 0 amide bonds. The zero-order valence-corrected chi connectivity index (χ0v) is 13.3. The zero-order chi connectivity index (χ0) is 16.2. The Kier molecular flexibility index (Phi) is 4.39. The second-order valence-electron chi connectivity index (χ2n) is 5.43. The third kappa shape index (κ3) is 3.10. The number of nitrogens with zero attached hydrogens (tertiary/aromatic N) is 3. The van der Waals surface area contributed by atoms with Crippen molar-refractivity contribution in [2.75, 3.05) is 32.1 Å². The maximum Gasteiger partial charge on any atom is 0.165 e. The number of fused-ring (bicyclic) bond motifs is 1. The number of benzene rings is 2. The molecule has 2 N–H and O–H groups in total. The SMILES string of the molecule is CNCCN(C)c1nc(-c2ccccc2O)nc2ccccc12. The third-order valence-corrected chi connectivity index (χ3v) is 3.79. The van der Waals surface area contributed by atoms with Gasteiger partial charge in [0.1, 0.15) is 11.6 Å². The lowest BCUT2D eigenvalue weighted by molar-refractivity contribution is 0.477. The minimum atomic E-state index is 0.187. The number of nitrogens with one attached hydrogen (secondary N) is 1. The van der Waals surface area contributed by atoms with E-state index in [4.69, 9.17) is 4.98 Å². The van der Waals surface area contributed by atoms with Crippen molar-refractivity contribution in [3.63, 3.8) is 0 Å². The molecule has 0 atom stereocenters. The Labute approximate surface area is 135 Å². The van der Waals surface area contributed by atoms with Crippen LogP contribution in [-0.4, -0.2) is 42.3 Å². The van der Waals surface area contributed by atoms with E-state index in [-0.39, 0.29) is 5.75 Å². The monoisotopic (exact) mass is 308 g/mol. The van der Waals surface area contributed by atoms with Crippen LogP contribution in [0.3, 0.4) is 0 Å². The van der Waals surface area contributed by atoms with E-state index in [0.29, 0.717) is 11.4 Å². The quantitative estimate of drug-likeness (QED) is 0.759. The number of anilines is 1. The van der Waals surface area contributed by atoms with Crippen LogP contribution in [0.4, 0.5) is 5.82 Å². The highest BCUT2D eigenvalue weighted by molar-refractivity contribution is 5.91. The molecule has 0 aliphatic rings. The summed E-state index contributed by atoms with van der Waals surface area (Å²) in [5.74, 6) is 1.59. The first kappa shape index (κ1) is 15.2. The summed E-state index contributed by atoms with van der Waals surface area (Å²) in [7, 11) is 3.94. The molecule has 0 aliphatic heterocycles. The molecule has 0 aliphatic carbocycles. The highest BCUT2D eigenvalue weighted by Crippen LogP contribution is 2.30. The molecule has 0 fully saturated rings. The zero-order valence-electron chi connectivity index (χ0n) is 13.3. The van der Waals surface area contributed by atoms with Gasteiger partial charge in [-0.2, -0.15) is 0 Å². The second kappa shape index (κ2) is 6.62. The van der Waals surface area contributed by atoms with Crippen molar-refractivity contribution in [3.8, 4) is 17.1 Å². The lowest BCUT2D eigenvalue weighted by atomic mass is 10.1. The van der Waals surface area contributed by atoms with E-state index in [1.54, 1.807) is 12.1 Å². The van der Waals surface area contributed by atoms with Gasteiger partial charge in [-0.25, -0.2) is 9.97 Å². The summed E-state index contributed by atoms with van der Waals surface area (Å²) in [6.45, 7) is 1.69. The van der Waals surface area contributed by atoms with Gasteiger partial charge in [-0.3, -0.25) is 0 Å². The number of phenolic OH excluding ortho intramolecular Hbond substituents is 1. The van der Waals surface area contributed by atoms with E-state index in [9.17, 15) is 5.11 Å². The van der Waals surface area contributed by atoms with Crippen molar-refractivity contribution < 1.29 is 5.11 Å². The molecule has 3 rings (SSSR count). The van der Waals surface area contributed by atoms with Gasteiger partial charge in [0.05, 0.1) is 11.1 Å². The van der Waals surface area contributed by atoms with Crippen molar-refractivity contribution in [2.45, 2.75) is 0 Å². The van der Waals surface area contributed by atoms with E-state index >= 15 is 0 Å². The largest absolute Gasteiger partial charge is 0.507 e. The van der Waals surface area contributed by atoms with E-state index in [2.05, 4.69) is 15.2 Å². The fraction of sp³-hybridized carbons (Fsp3) is 0.222. The highest BCUT2D eigenvalue weighted by Gasteiger charge is 2.14. The van der Waals surface area contributed by atoms with Crippen molar-refractivity contribution in [1.29, 1.82) is 0 Å². The first-order valence-electron chi connectivity index (χ1n) is 7.61. The Morgan fingerprint density at radius 1 is 1.04 bits per heavy atom. The van der Waals surface area contributed by atoms with Crippen LogP contribution in [0.1, 0.15) is 0 Å². The number of para-hydroxylation sites is 2. The van der Waals surface area contributed by atoms with Crippen LogP contribution < -0.4 is 10.2 Å².